The third-order valence-electron chi connectivity index (χ3n) is 6.40. The van der Waals surface area contributed by atoms with Crippen molar-refractivity contribution < 1.29 is 24.2 Å². The molecule has 0 unspecified atom stereocenters. The molecule has 2 amide bonds. The fraction of sp³-hybridized carbons (Fsp3) is 0.522. The van der Waals surface area contributed by atoms with Gasteiger partial charge in [-0.2, -0.15) is 0 Å². The summed E-state index contributed by atoms with van der Waals surface area (Å²) in [4.78, 5) is 39.3. The molecule has 1 saturated carbocycles. The summed E-state index contributed by atoms with van der Waals surface area (Å²) in [5, 5.41) is 12.1. The number of carbonyl (C=O) groups is 3. The number of carbonyl (C=O) groups excluding carboxylic acids is 2. The van der Waals surface area contributed by atoms with Crippen molar-refractivity contribution in [2.75, 3.05) is 12.4 Å². The Balaban J connectivity index is 1.55. The molecule has 7 nitrogen and oxygen atoms in total. The minimum Gasteiger partial charge on any atom is -0.494 e. The predicted molar refractivity (Wildman–Crippen MR) is 118 cm³/mol. The summed E-state index contributed by atoms with van der Waals surface area (Å²) >= 11 is 1.49. The molecule has 0 bridgehead atoms. The fourth-order valence-electron chi connectivity index (χ4n) is 4.78. The predicted octanol–water partition coefficient (Wildman–Crippen LogP) is 3.05. The van der Waals surface area contributed by atoms with Crippen molar-refractivity contribution in [2.45, 2.75) is 62.8 Å². The Morgan fingerprint density at radius 1 is 1.32 bits per heavy atom. The second-order valence-corrected chi connectivity index (χ2v) is 9.57. The van der Waals surface area contributed by atoms with Crippen molar-refractivity contribution in [3.63, 3.8) is 0 Å². The second kappa shape index (κ2) is 8.57. The van der Waals surface area contributed by atoms with Crippen LogP contribution in [0.1, 0.15) is 51.5 Å². The third-order valence-corrected chi connectivity index (χ3v) is 7.82. The van der Waals surface area contributed by atoms with Gasteiger partial charge in [-0.15, -0.1) is 11.8 Å². The number of rotatable bonds is 7. The zero-order valence-corrected chi connectivity index (χ0v) is 18.7. The van der Waals surface area contributed by atoms with Crippen LogP contribution in [-0.2, 0) is 19.8 Å². The highest BCUT2D eigenvalue weighted by molar-refractivity contribution is 8.00. The molecule has 1 aromatic rings. The Morgan fingerprint density at radius 2 is 2.06 bits per heavy atom. The Morgan fingerprint density at radius 3 is 2.74 bits per heavy atom. The first-order valence-corrected chi connectivity index (χ1v) is 11.9. The van der Waals surface area contributed by atoms with Gasteiger partial charge in [-0.3, -0.25) is 14.5 Å². The van der Waals surface area contributed by atoms with E-state index in [1.54, 1.807) is 6.92 Å². The van der Waals surface area contributed by atoms with Crippen LogP contribution in [0.2, 0.25) is 0 Å². The Bertz CT molecular complexity index is 938. The summed E-state index contributed by atoms with van der Waals surface area (Å²) in [5.41, 5.74) is 0.948. The molecule has 31 heavy (non-hydrogen) atoms. The molecule has 1 aliphatic carbocycles. The van der Waals surface area contributed by atoms with Crippen LogP contribution >= 0.6 is 11.8 Å². The Kier molecular flexibility index (Phi) is 6.01. The van der Waals surface area contributed by atoms with Gasteiger partial charge in [0.1, 0.15) is 22.9 Å². The molecule has 4 rings (SSSR count). The molecule has 8 heteroatoms. The van der Waals surface area contributed by atoms with E-state index in [0.29, 0.717) is 17.9 Å². The van der Waals surface area contributed by atoms with E-state index in [9.17, 15) is 19.5 Å². The number of ether oxygens (including phenoxy) is 1. The summed E-state index contributed by atoms with van der Waals surface area (Å²) in [7, 11) is 0. The van der Waals surface area contributed by atoms with Gasteiger partial charge in [0.25, 0.3) is 5.91 Å². The number of fused-ring (bicyclic) bond motifs is 1. The molecule has 2 N–H and O–H groups in total. The number of aliphatic carboxylic acids is 1. The van der Waals surface area contributed by atoms with Gasteiger partial charge in [-0.05, 0) is 49.5 Å². The van der Waals surface area contributed by atoms with Gasteiger partial charge in [0.2, 0.25) is 5.91 Å². The van der Waals surface area contributed by atoms with Crippen molar-refractivity contribution in [3.8, 4) is 5.75 Å². The number of nitrogens with one attached hydrogen (secondary N) is 1. The number of benzene rings is 1. The maximum Gasteiger partial charge on any atom is 0.352 e. The average molecular weight is 445 g/mol. The van der Waals surface area contributed by atoms with E-state index in [2.05, 4.69) is 5.32 Å². The van der Waals surface area contributed by atoms with Crippen LogP contribution in [0.15, 0.2) is 35.5 Å². The lowest BCUT2D eigenvalue weighted by Gasteiger charge is -2.50. The highest BCUT2D eigenvalue weighted by Crippen LogP contribution is 2.44. The molecule has 3 aliphatic rings. The highest BCUT2D eigenvalue weighted by atomic mass is 32.2. The molecule has 2 heterocycles. The van der Waals surface area contributed by atoms with Crippen LogP contribution in [0.3, 0.4) is 0 Å². The molecule has 1 saturated heterocycles. The molecule has 2 fully saturated rings. The monoisotopic (exact) mass is 444 g/mol. The van der Waals surface area contributed by atoms with Gasteiger partial charge in [-0.25, -0.2) is 4.79 Å². The van der Waals surface area contributed by atoms with Gasteiger partial charge >= 0.3 is 5.97 Å². The van der Waals surface area contributed by atoms with Crippen LogP contribution in [-0.4, -0.2) is 51.6 Å². The number of carboxylic acids is 1. The minimum atomic E-state index is -1.10. The van der Waals surface area contributed by atoms with Crippen LogP contribution in [0.5, 0.6) is 5.75 Å². The number of hydrogen-bond donors (Lipinski definition) is 2. The first-order valence-electron chi connectivity index (χ1n) is 10.8. The van der Waals surface area contributed by atoms with Gasteiger partial charge in [-0.1, -0.05) is 31.9 Å². The quantitative estimate of drug-likeness (QED) is 0.628. The van der Waals surface area contributed by atoms with Crippen molar-refractivity contribution in [2.24, 2.45) is 0 Å². The molecule has 0 spiro atoms. The zero-order valence-electron chi connectivity index (χ0n) is 17.8. The number of hydrogen-bond acceptors (Lipinski definition) is 5. The SMILES string of the molecule is CCCOc1cccc(C2(C(=O)N[C@@H]3C(=O)N4C(C(=O)O)=C(C)CS[C@H]34)CCCC2)c1. The molecule has 0 radical (unpaired) electrons. The number of nitrogens with zero attached hydrogens (tertiary/aromatic N) is 1. The van der Waals surface area contributed by atoms with Crippen LogP contribution in [0.25, 0.3) is 0 Å². The average Bonchev–Trinajstić information content (AvgIpc) is 3.27. The van der Waals surface area contributed by atoms with Gasteiger partial charge in [0, 0.05) is 5.75 Å². The molecule has 2 aliphatic heterocycles. The van der Waals surface area contributed by atoms with E-state index in [0.717, 1.165) is 43.4 Å². The van der Waals surface area contributed by atoms with Gasteiger partial charge < -0.3 is 15.2 Å². The molecule has 0 aromatic heterocycles. The lowest BCUT2D eigenvalue weighted by molar-refractivity contribution is -0.151. The standard InChI is InChI=1S/C23H28N2O5S/c1-3-11-30-16-8-6-7-15(12-16)23(9-4-5-10-23)22(29)24-17-19(26)25-18(21(27)28)14(2)13-31-20(17)25/h6-8,12,17,20H,3-5,9-11,13H2,1-2H3,(H,24,29)(H,27,28)/t17-,20-/m1/s1. The number of carboxylic acid groups (broad SMARTS) is 1. The number of amides is 2. The summed E-state index contributed by atoms with van der Waals surface area (Å²) in [5.74, 6) is -0.324. The van der Waals surface area contributed by atoms with E-state index in [1.165, 1.54) is 16.7 Å². The largest absolute Gasteiger partial charge is 0.494 e. The molecular formula is C23H28N2O5S. The lowest BCUT2D eigenvalue weighted by Crippen LogP contribution is -2.71. The van der Waals surface area contributed by atoms with Crippen molar-refractivity contribution in [3.05, 3.63) is 41.1 Å². The molecule has 1 aromatic carbocycles. The summed E-state index contributed by atoms with van der Waals surface area (Å²) in [6.07, 6.45) is 4.24. The van der Waals surface area contributed by atoms with E-state index in [1.807, 2.05) is 31.2 Å². The fourth-order valence-corrected chi connectivity index (χ4v) is 6.08. The second-order valence-electron chi connectivity index (χ2n) is 8.46. The van der Waals surface area contributed by atoms with E-state index in [4.69, 9.17) is 4.74 Å². The summed E-state index contributed by atoms with van der Waals surface area (Å²) < 4.78 is 5.77. The number of β-lactam (4-membered cyclic amide) rings is 1. The number of thioether (sulfide) groups is 1. The smallest absolute Gasteiger partial charge is 0.352 e. The molecule has 166 valence electrons. The lowest BCUT2D eigenvalue weighted by atomic mass is 9.77. The highest BCUT2D eigenvalue weighted by Gasteiger charge is 2.55. The van der Waals surface area contributed by atoms with Gasteiger partial charge in [0.05, 0.1) is 12.0 Å². The first-order chi connectivity index (χ1) is 14.9. The Labute approximate surface area is 186 Å². The zero-order chi connectivity index (χ0) is 22.2. The summed E-state index contributed by atoms with van der Waals surface area (Å²) in [6, 6.07) is 7.01. The maximum absolute atomic E-state index is 13.5. The minimum absolute atomic E-state index is 0.0515. The topological polar surface area (TPSA) is 95.9 Å². The van der Waals surface area contributed by atoms with Gasteiger partial charge in [0.15, 0.2) is 0 Å². The first kappa shape index (κ1) is 21.7. The van der Waals surface area contributed by atoms with Crippen molar-refractivity contribution >= 4 is 29.5 Å². The third kappa shape index (κ3) is 3.71. The van der Waals surface area contributed by atoms with Crippen LogP contribution in [0, 0.1) is 0 Å². The molecular weight excluding hydrogens is 416 g/mol. The van der Waals surface area contributed by atoms with Crippen molar-refractivity contribution in [1.29, 1.82) is 0 Å². The van der Waals surface area contributed by atoms with Crippen LogP contribution < -0.4 is 10.1 Å². The normalized spacial score (nSPS) is 24.5. The summed E-state index contributed by atoms with van der Waals surface area (Å²) in [6.45, 7) is 4.39. The Hall–Kier alpha value is -2.48. The van der Waals surface area contributed by atoms with E-state index < -0.39 is 17.4 Å². The van der Waals surface area contributed by atoms with E-state index >= 15 is 0 Å². The van der Waals surface area contributed by atoms with Crippen LogP contribution in [0.4, 0.5) is 0 Å². The molecule has 2 atom stereocenters. The van der Waals surface area contributed by atoms with Crippen molar-refractivity contribution in [1.82, 2.24) is 10.2 Å². The van der Waals surface area contributed by atoms with E-state index in [-0.39, 0.29) is 22.9 Å². The maximum atomic E-state index is 13.5.